The Morgan fingerprint density at radius 3 is 2.48 bits per heavy atom. The van der Waals surface area contributed by atoms with Gasteiger partial charge in [0, 0.05) is 42.1 Å². The maximum atomic E-state index is 12.5. The first-order valence-corrected chi connectivity index (χ1v) is 11.9. The molecule has 0 bridgehead atoms. The van der Waals surface area contributed by atoms with Crippen molar-refractivity contribution in [2.45, 2.75) is 32.5 Å². The smallest absolute Gasteiger partial charge is 0.234 e. The van der Waals surface area contributed by atoms with Gasteiger partial charge in [0.15, 0.2) is 16.8 Å². The molecule has 0 spiro atoms. The summed E-state index contributed by atoms with van der Waals surface area (Å²) in [4.78, 5) is 26.3. The van der Waals surface area contributed by atoms with Gasteiger partial charge in [-0.05, 0) is 57.2 Å². The average Bonchev–Trinajstić information content (AvgIpc) is 3.22. The molecule has 33 heavy (non-hydrogen) atoms. The number of allylic oxidation sites excluding steroid dienone is 1. The summed E-state index contributed by atoms with van der Waals surface area (Å²) in [6, 6.07) is 15.2. The van der Waals surface area contributed by atoms with Crippen LogP contribution in [-0.4, -0.2) is 45.3 Å². The van der Waals surface area contributed by atoms with E-state index < -0.39 is 0 Å². The molecule has 0 radical (unpaired) electrons. The molecule has 0 aliphatic rings. The van der Waals surface area contributed by atoms with E-state index >= 15 is 0 Å². The molecule has 8 heteroatoms. The molecule has 1 aromatic heterocycles. The SMILES string of the molecule is C=CCn1c(SCC(=O)Nc2cccc(C(C)=O)c2)nnc1-c1ccc(N(CC)CC)cc1. The number of hydrogen-bond donors (Lipinski definition) is 1. The number of thioether (sulfide) groups is 1. The standard InChI is InChI=1S/C25H29N5O2S/c1-5-15-30-24(19-11-13-22(14-12-19)29(6-2)7-3)27-28-25(30)33-17-23(32)26-21-10-8-9-20(16-21)18(4)31/h5,8-14,16H,1,6-7,15,17H2,2-4H3,(H,26,32). The zero-order chi connectivity index (χ0) is 23.8. The largest absolute Gasteiger partial charge is 0.372 e. The number of ketones is 1. The fourth-order valence-corrected chi connectivity index (χ4v) is 4.20. The van der Waals surface area contributed by atoms with E-state index in [2.05, 4.69) is 53.0 Å². The lowest BCUT2D eigenvalue weighted by atomic mass is 10.1. The minimum Gasteiger partial charge on any atom is -0.372 e. The second kappa shape index (κ2) is 11.5. The Morgan fingerprint density at radius 1 is 1.12 bits per heavy atom. The molecule has 0 saturated heterocycles. The third-order valence-corrected chi connectivity index (χ3v) is 6.13. The van der Waals surface area contributed by atoms with Crippen LogP contribution in [0.3, 0.4) is 0 Å². The van der Waals surface area contributed by atoms with E-state index in [-0.39, 0.29) is 17.4 Å². The highest BCUT2D eigenvalue weighted by atomic mass is 32.2. The zero-order valence-electron chi connectivity index (χ0n) is 19.2. The number of rotatable bonds is 11. The number of amides is 1. The van der Waals surface area contributed by atoms with E-state index in [1.807, 2.05) is 16.7 Å². The molecule has 1 N–H and O–H groups in total. The summed E-state index contributed by atoms with van der Waals surface area (Å²) in [5.74, 6) is 0.674. The van der Waals surface area contributed by atoms with Crippen LogP contribution in [0.5, 0.6) is 0 Å². The zero-order valence-corrected chi connectivity index (χ0v) is 20.1. The van der Waals surface area contributed by atoms with Crippen LogP contribution in [0, 0.1) is 0 Å². The van der Waals surface area contributed by atoms with Crippen LogP contribution < -0.4 is 10.2 Å². The van der Waals surface area contributed by atoms with Crippen molar-refractivity contribution in [1.29, 1.82) is 0 Å². The van der Waals surface area contributed by atoms with Crippen molar-refractivity contribution in [3.63, 3.8) is 0 Å². The van der Waals surface area contributed by atoms with Gasteiger partial charge in [-0.3, -0.25) is 14.2 Å². The predicted molar refractivity (Wildman–Crippen MR) is 135 cm³/mol. The van der Waals surface area contributed by atoms with E-state index in [1.54, 1.807) is 30.3 Å². The maximum absolute atomic E-state index is 12.5. The lowest BCUT2D eigenvalue weighted by Gasteiger charge is -2.21. The van der Waals surface area contributed by atoms with Crippen LogP contribution in [0.4, 0.5) is 11.4 Å². The van der Waals surface area contributed by atoms with Gasteiger partial charge in [-0.25, -0.2) is 0 Å². The number of anilines is 2. The Balaban J connectivity index is 1.72. The molecule has 1 amide bonds. The summed E-state index contributed by atoms with van der Waals surface area (Å²) >= 11 is 1.31. The molecule has 0 unspecified atom stereocenters. The summed E-state index contributed by atoms with van der Waals surface area (Å²) in [5.41, 5.74) is 3.27. The van der Waals surface area contributed by atoms with Crippen LogP contribution in [0.1, 0.15) is 31.1 Å². The predicted octanol–water partition coefficient (Wildman–Crippen LogP) is 4.91. The quantitative estimate of drug-likeness (QED) is 0.247. The third-order valence-electron chi connectivity index (χ3n) is 5.17. The van der Waals surface area contributed by atoms with Crippen LogP contribution >= 0.6 is 11.8 Å². The Morgan fingerprint density at radius 2 is 1.85 bits per heavy atom. The molecule has 0 saturated carbocycles. The number of aromatic nitrogens is 3. The Kier molecular flexibility index (Phi) is 8.43. The fourth-order valence-electron chi connectivity index (χ4n) is 3.46. The number of hydrogen-bond acceptors (Lipinski definition) is 6. The highest BCUT2D eigenvalue weighted by Crippen LogP contribution is 2.26. The number of carbonyl (C=O) groups excluding carboxylic acids is 2. The van der Waals surface area contributed by atoms with Gasteiger partial charge in [0.1, 0.15) is 0 Å². The number of nitrogens with zero attached hydrogens (tertiary/aromatic N) is 4. The van der Waals surface area contributed by atoms with Gasteiger partial charge in [-0.2, -0.15) is 0 Å². The second-order valence-corrected chi connectivity index (χ2v) is 8.34. The molecule has 3 rings (SSSR count). The van der Waals surface area contributed by atoms with Crippen molar-refractivity contribution < 1.29 is 9.59 Å². The van der Waals surface area contributed by atoms with Gasteiger partial charge in [0.25, 0.3) is 0 Å². The highest BCUT2D eigenvalue weighted by Gasteiger charge is 2.16. The highest BCUT2D eigenvalue weighted by molar-refractivity contribution is 7.99. The molecule has 0 atom stereocenters. The molecule has 0 aliphatic heterocycles. The first-order valence-electron chi connectivity index (χ1n) is 10.9. The molecule has 2 aromatic carbocycles. The second-order valence-electron chi connectivity index (χ2n) is 7.40. The number of Topliss-reactive ketones (excluding diaryl/α,β-unsaturated/α-hetero) is 1. The van der Waals surface area contributed by atoms with E-state index in [0.29, 0.717) is 23.0 Å². The molecule has 0 fully saturated rings. The Hall–Kier alpha value is -3.39. The average molecular weight is 464 g/mol. The van der Waals surface area contributed by atoms with Gasteiger partial charge in [-0.1, -0.05) is 30.0 Å². The fraction of sp³-hybridized carbons (Fsp3) is 0.280. The Labute approximate surface area is 198 Å². The lowest BCUT2D eigenvalue weighted by Crippen LogP contribution is -2.21. The summed E-state index contributed by atoms with van der Waals surface area (Å²) in [7, 11) is 0. The third kappa shape index (κ3) is 6.10. The van der Waals surface area contributed by atoms with Gasteiger partial charge in [0.2, 0.25) is 5.91 Å². The maximum Gasteiger partial charge on any atom is 0.234 e. The van der Waals surface area contributed by atoms with Gasteiger partial charge < -0.3 is 10.2 Å². The molecule has 172 valence electrons. The van der Waals surface area contributed by atoms with E-state index in [9.17, 15) is 9.59 Å². The molecule has 1 heterocycles. The van der Waals surface area contributed by atoms with Crippen LogP contribution in [0.25, 0.3) is 11.4 Å². The van der Waals surface area contributed by atoms with Gasteiger partial charge in [-0.15, -0.1) is 16.8 Å². The minimum absolute atomic E-state index is 0.0457. The number of benzene rings is 2. The topological polar surface area (TPSA) is 80.1 Å². The van der Waals surface area contributed by atoms with Crippen molar-refractivity contribution in [3.05, 3.63) is 66.7 Å². The monoisotopic (exact) mass is 463 g/mol. The van der Waals surface area contributed by atoms with Crippen LogP contribution in [0.2, 0.25) is 0 Å². The summed E-state index contributed by atoms with van der Waals surface area (Å²) in [5, 5.41) is 12.2. The molecule has 0 aliphatic carbocycles. The van der Waals surface area contributed by atoms with Gasteiger partial charge >= 0.3 is 0 Å². The van der Waals surface area contributed by atoms with Crippen molar-refractivity contribution in [1.82, 2.24) is 14.8 Å². The summed E-state index contributed by atoms with van der Waals surface area (Å²) in [6.07, 6.45) is 1.79. The van der Waals surface area contributed by atoms with Crippen molar-refractivity contribution in [2.24, 2.45) is 0 Å². The first kappa shape index (κ1) is 24.3. The number of carbonyl (C=O) groups is 2. The van der Waals surface area contributed by atoms with Crippen molar-refractivity contribution >= 4 is 34.8 Å². The molecular weight excluding hydrogens is 434 g/mol. The normalized spacial score (nSPS) is 10.6. The minimum atomic E-state index is -0.181. The van der Waals surface area contributed by atoms with E-state index in [0.717, 1.165) is 24.5 Å². The molecule has 7 nitrogen and oxygen atoms in total. The van der Waals surface area contributed by atoms with Gasteiger partial charge in [0.05, 0.1) is 5.75 Å². The lowest BCUT2D eigenvalue weighted by molar-refractivity contribution is -0.113. The van der Waals surface area contributed by atoms with Crippen molar-refractivity contribution in [3.8, 4) is 11.4 Å². The Bertz CT molecular complexity index is 1120. The van der Waals surface area contributed by atoms with Crippen LogP contribution in [-0.2, 0) is 11.3 Å². The van der Waals surface area contributed by atoms with E-state index in [4.69, 9.17) is 0 Å². The van der Waals surface area contributed by atoms with Crippen molar-refractivity contribution in [2.75, 3.05) is 29.1 Å². The number of nitrogens with one attached hydrogen (secondary N) is 1. The van der Waals surface area contributed by atoms with E-state index in [1.165, 1.54) is 24.4 Å². The first-order chi connectivity index (χ1) is 16.0. The summed E-state index contributed by atoms with van der Waals surface area (Å²) < 4.78 is 1.95. The molecular formula is C25H29N5O2S. The summed E-state index contributed by atoms with van der Waals surface area (Å²) in [6.45, 7) is 12.0. The van der Waals surface area contributed by atoms with Crippen LogP contribution in [0.15, 0.2) is 66.3 Å². The molecule has 3 aromatic rings.